The number of methoxy groups -OCH3 is 1. The highest BCUT2D eigenvalue weighted by Crippen LogP contribution is 2.30. The van der Waals surface area contributed by atoms with Gasteiger partial charge in [-0.05, 0) is 43.5 Å². The van der Waals surface area contributed by atoms with Crippen LogP contribution in [-0.4, -0.2) is 18.8 Å². The van der Waals surface area contributed by atoms with Crippen LogP contribution in [0.3, 0.4) is 0 Å². The summed E-state index contributed by atoms with van der Waals surface area (Å²) in [6.45, 7) is 0.637. The molecule has 1 aromatic rings. The van der Waals surface area contributed by atoms with E-state index in [1.807, 2.05) is 0 Å². The van der Waals surface area contributed by atoms with Gasteiger partial charge in [-0.25, -0.2) is 4.39 Å². The third kappa shape index (κ3) is 3.09. The zero-order valence-electron chi connectivity index (χ0n) is 8.79. The van der Waals surface area contributed by atoms with Crippen molar-refractivity contribution in [1.29, 1.82) is 0 Å². The highest BCUT2D eigenvalue weighted by atomic mass is 19.1. The van der Waals surface area contributed by atoms with Crippen molar-refractivity contribution in [3.8, 4) is 11.5 Å². The van der Waals surface area contributed by atoms with Crippen molar-refractivity contribution < 1.29 is 14.2 Å². The fraction of sp³-hybridized carbons (Fsp3) is 0.455. The van der Waals surface area contributed by atoms with E-state index in [0.717, 1.165) is 24.8 Å². The van der Waals surface area contributed by atoms with Gasteiger partial charge in [-0.3, -0.25) is 0 Å². The van der Waals surface area contributed by atoms with E-state index in [4.69, 9.17) is 10.5 Å². The average Bonchev–Trinajstić information content (AvgIpc) is 2.23. The number of rotatable bonds is 5. The second-order valence-electron chi connectivity index (χ2n) is 3.37. The van der Waals surface area contributed by atoms with Crippen LogP contribution in [0, 0.1) is 5.82 Å². The molecule has 0 saturated carbocycles. The van der Waals surface area contributed by atoms with Crippen LogP contribution in [0.5, 0.6) is 11.5 Å². The van der Waals surface area contributed by atoms with Crippen LogP contribution >= 0.6 is 0 Å². The van der Waals surface area contributed by atoms with E-state index < -0.39 is 11.6 Å². The molecule has 1 aromatic carbocycles. The highest BCUT2D eigenvalue weighted by Gasteiger charge is 2.09. The summed E-state index contributed by atoms with van der Waals surface area (Å²) in [5.41, 5.74) is 6.18. The molecule has 0 aromatic heterocycles. The zero-order chi connectivity index (χ0) is 11.3. The quantitative estimate of drug-likeness (QED) is 0.733. The smallest absolute Gasteiger partial charge is 0.194 e. The molecular weight excluding hydrogens is 197 g/mol. The molecule has 84 valence electrons. The number of phenolic OH excluding ortho intramolecular Hbond substituents is 1. The number of halogens is 1. The number of unbranched alkanes of at least 4 members (excludes halogenated alkanes) is 1. The predicted octanol–water partition coefficient (Wildman–Crippen LogP) is 1.82. The minimum atomic E-state index is -0.642. The summed E-state index contributed by atoms with van der Waals surface area (Å²) in [4.78, 5) is 0. The van der Waals surface area contributed by atoms with E-state index >= 15 is 0 Å². The van der Waals surface area contributed by atoms with E-state index in [-0.39, 0.29) is 5.75 Å². The minimum Gasteiger partial charge on any atom is -0.502 e. The van der Waals surface area contributed by atoms with Crippen LogP contribution in [0.15, 0.2) is 12.1 Å². The van der Waals surface area contributed by atoms with Crippen molar-refractivity contribution in [2.45, 2.75) is 19.3 Å². The molecular formula is C11H16FNO2. The molecule has 0 bridgehead atoms. The second-order valence-corrected chi connectivity index (χ2v) is 3.37. The minimum absolute atomic E-state index is 0.178. The van der Waals surface area contributed by atoms with Gasteiger partial charge < -0.3 is 15.6 Å². The summed E-state index contributed by atoms with van der Waals surface area (Å²) in [5.74, 6) is -0.894. The first kappa shape index (κ1) is 11.8. The van der Waals surface area contributed by atoms with Crippen molar-refractivity contribution in [2.24, 2.45) is 5.73 Å². The van der Waals surface area contributed by atoms with E-state index in [2.05, 4.69) is 0 Å². The van der Waals surface area contributed by atoms with E-state index in [1.54, 1.807) is 6.07 Å². The van der Waals surface area contributed by atoms with E-state index in [1.165, 1.54) is 13.2 Å². The molecule has 3 nitrogen and oxygen atoms in total. The zero-order valence-corrected chi connectivity index (χ0v) is 8.79. The standard InChI is InChI=1S/C11H16FNO2/c1-15-10-7-8(4-2-3-5-13)6-9(12)11(10)14/h6-7,14H,2-5,13H2,1H3. The van der Waals surface area contributed by atoms with Gasteiger partial charge in [0.05, 0.1) is 7.11 Å². The molecule has 0 radical (unpaired) electrons. The molecule has 4 heteroatoms. The third-order valence-electron chi connectivity index (χ3n) is 2.23. The molecule has 0 amide bonds. The molecule has 0 unspecified atom stereocenters. The molecule has 0 saturated heterocycles. The number of benzene rings is 1. The lowest BCUT2D eigenvalue weighted by molar-refractivity contribution is 0.356. The molecule has 15 heavy (non-hydrogen) atoms. The van der Waals surface area contributed by atoms with Crippen molar-refractivity contribution in [3.63, 3.8) is 0 Å². The molecule has 0 aliphatic carbocycles. The molecule has 0 heterocycles. The van der Waals surface area contributed by atoms with Gasteiger partial charge in [0.25, 0.3) is 0 Å². The largest absolute Gasteiger partial charge is 0.502 e. The SMILES string of the molecule is COc1cc(CCCCN)cc(F)c1O. The Morgan fingerprint density at radius 2 is 2.13 bits per heavy atom. The number of aromatic hydroxyl groups is 1. The Labute approximate surface area is 88.7 Å². The maximum atomic E-state index is 13.2. The molecule has 0 atom stereocenters. The van der Waals surface area contributed by atoms with Crippen LogP contribution in [0.25, 0.3) is 0 Å². The lowest BCUT2D eigenvalue weighted by Gasteiger charge is -2.07. The number of nitrogens with two attached hydrogens (primary N) is 1. The highest BCUT2D eigenvalue weighted by molar-refractivity contribution is 5.43. The van der Waals surface area contributed by atoms with Gasteiger partial charge in [-0.15, -0.1) is 0 Å². The van der Waals surface area contributed by atoms with E-state index in [9.17, 15) is 9.50 Å². The summed E-state index contributed by atoms with van der Waals surface area (Å²) in [6.07, 6.45) is 2.56. The molecule has 3 N–H and O–H groups in total. The van der Waals surface area contributed by atoms with Crippen LogP contribution in [0.1, 0.15) is 18.4 Å². The molecule has 0 aliphatic rings. The topological polar surface area (TPSA) is 55.5 Å². The number of phenols is 1. The van der Waals surface area contributed by atoms with Gasteiger partial charge in [-0.1, -0.05) is 0 Å². The number of aryl methyl sites for hydroxylation is 1. The predicted molar refractivity (Wildman–Crippen MR) is 56.6 cm³/mol. The van der Waals surface area contributed by atoms with Gasteiger partial charge in [0.2, 0.25) is 0 Å². The fourth-order valence-electron chi connectivity index (χ4n) is 1.40. The van der Waals surface area contributed by atoms with Crippen LogP contribution in [0.2, 0.25) is 0 Å². The first-order valence-corrected chi connectivity index (χ1v) is 4.94. The Morgan fingerprint density at radius 1 is 1.40 bits per heavy atom. The summed E-state index contributed by atoms with van der Waals surface area (Å²) in [5, 5.41) is 9.27. The monoisotopic (exact) mass is 213 g/mol. The normalized spacial score (nSPS) is 10.3. The maximum Gasteiger partial charge on any atom is 0.194 e. The van der Waals surface area contributed by atoms with Gasteiger partial charge in [0.1, 0.15) is 0 Å². The Bertz CT molecular complexity index is 329. The summed E-state index contributed by atoms with van der Waals surface area (Å²) in [7, 11) is 1.40. The Hall–Kier alpha value is -1.29. The van der Waals surface area contributed by atoms with Crippen molar-refractivity contribution in [1.82, 2.24) is 0 Å². The first-order chi connectivity index (χ1) is 7.19. The lowest BCUT2D eigenvalue weighted by atomic mass is 10.1. The molecule has 0 aliphatic heterocycles. The van der Waals surface area contributed by atoms with E-state index in [0.29, 0.717) is 6.54 Å². The second kappa shape index (κ2) is 5.56. The fourth-order valence-corrected chi connectivity index (χ4v) is 1.40. The Morgan fingerprint density at radius 3 is 2.73 bits per heavy atom. The Kier molecular flexibility index (Phi) is 4.37. The third-order valence-corrected chi connectivity index (χ3v) is 2.23. The summed E-state index contributed by atoms with van der Waals surface area (Å²) >= 11 is 0. The van der Waals surface area contributed by atoms with Gasteiger partial charge in [0, 0.05) is 0 Å². The number of hydrogen-bond acceptors (Lipinski definition) is 3. The van der Waals surface area contributed by atoms with Crippen LogP contribution < -0.4 is 10.5 Å². The average molecular weight is 213 g/mol. The van der Waals surface area contributed by atoms with Crippen molar-refractivity contribution in [2.75, 3.05) is 13.7 Å². The maximum absolute atomic E-state index is 13.2. The van der Waals surface area contributed by atoms with Crippen molar-refractivity contribution >= 4 is 0 Å². The van der Waals surface area contributed by atoms with Crippen molar-refractivity contribution in [3.05, 3.63) is 23.5 Å². The first-order valence-electron chi connectivity index (χ1n) is 4.94. The number of ether oxygens (including phenoxy) is 1. The van der Waals surface area contributed by atoms with Crippen LogP contribution in [0.4, 0.5) is 4.39 Å². The molecule has 1 rings (SSSR count). The van der Waals surface area contributed by atoms with Gasteiger partial charge >= 0.3 is 0 Å². The lowest BCUT2D eigenvalue weighted by Crippen LogP contribution is -1.99. The molecule has 0 fully saturated rings. The van der Waals surface area contributed by atoms with Gasteiger partial charge in [-0.2, -0.15) is 0 Å². The van der Waals surface area contributed by atoms with Gasteiger partial charge in [0.15, 0.2) is 17.3 Å². The summed E-state index contributed by atoms with van der Waals surface area (Å²) < 4.78 is 18.0. The summed E-state index contributed by atoms with van der Waals surface area (Å²) in [6, 6.07) is 2.98. The Balaban J connectivity index is 2.77. The number of hydrogen-bond donors (Lipinski definition) is 2. The van der Waals surface area contributed by atoms with Crippen LogP contribution in [-0.2, 0) is 6.42 Å². The molecule has 0 spiro atoms.